The third kappa shape index (κ3) is 4.90. The summed E-state index contributed by atoms with van der Waals surface area (Å²) in [4.78, 5) is 32.2. The number of halogens is 1. The number of nitro benzene ring substituents is 1. The molecule has 2 aromatic carbocycles. The lowest BCUT2D eigenvalue weighted by atomic mass is 10.1. The summed E-state index contributed by atoms with van der Waals surface area (Å²) in [7, 11) is 1.64. The van der Waals surface area contributed by atoms with Crippen LogP contribution >= 0.6 is 22.9 Å². The highest BCUT2D eigenvalue weighted by Gasteiger charge is 2.28. The monoisotopic (exact) mass is 472 g/mol. The molecule has 0 aliphatic carbocycles. The van der Waals surface area contributed by atoms with E-state index >= 15 is 0 Å². The summed E-state index contributed by atoms with van der Waals surface area (Å²) in [6, 6.07) is 11.9. The zero-order valence-corrected chi connectivity index (χ0v) is 18.9. The highest BCUT2D eigenvalue weighted by molar-refractivity contribution is 7.13. The van der Waals surface area contributed by atoms with Crippen molar-refractivity contribution >= 4 is 34.5 Å². The number of methoxy groups -OCH3 is 1. The lowest BCUT2D eigenvalue weighted by Crippen LogP contribution is -2.48. The molecule has 0 radical (unpaired) electrons. The summed E-state index contributed by atoms with van der Waals surface area (Å²) in [6.07, 6.45) is 0. The number of hydrogen-bond acceptors (Lipinski definition) is 7. The smallest absolute Gasteiger partial charge is 0.283 e. The number of rotatable bonds is 6. The quantitative estimate of drug-likeness (QED) is 0.391. The predicted octanol–water partition coefficient (Wildman–Crippen LogP) is 4.34. The Bertz CT molecular complexity index is 1130. The van der Waals surface area contributed by atoms with Gasteiger partial charge in [-0.1, -0.05) is 11.6 Å². The highest BCUT2D eigenvalue weighted by atomic mass is 35.5. The van der Waals surface area contributed by atoms with Crippen LogP contribution in [-0.4, -0.2) is 58.9 Å². The van der Waals surface area contributed by atoms with Crippen molar-refractivity contribution in [3.8, 4) is 16.3 Å². The molecule has 1 saturated heterocycles. The number of nitrogens with zero attached hydrogens (tertiary/aromatic N) is 4. The first-order valence-electron chi connectivity index (χ1n) is 9.99. The fourth-order valence-electron chi connectivity index (χ4n) is 3.59. The SMILES string of the molecule is COc1ccc(-c2nc(CN3CCN(C(=O)c4ccc(Cl)cc4[N+](=O)[O-])CC3)cs2)cc1. The molecule has 3 aromatic rings. The van der Waals surface area contributed by atoms with Crippen molar-refractivity contribution in [3.05, 3.63) is 74.2 Å². The van der Waals surface area contributed by atoms with E-state index in [0.29, 0.717) is 32.7 Å². The summed E-state index contributed by atoms with van der Waals surface area (Å²) < 4.78 is 5.20. The van der Waals surface area contributed by atoms with Gasteiger partial charge >= 0.3 is 0 Å². The van der Waals surface area contributed by atoms with Crippen molar-refractivity contribution in [2.45, 2.75) is 6.54 Å². The maximum absolute atomic E-state index is 12.8. The first-order valence-corrected chi connectivity index (χ1v) is 11.2. The van der Waals surface area contributed by atoms with Crippen LogP contribution < -0.4 is 4.74 Å². The molecule has 1 aliphatic rings. The van der Waals surface area contributed by atoms with Crippen molar-refractivity contribution in [2.75, 3.05) is 33.3 Å². The van der Waals surface area contributed by atoms with Crippen molar-refractivity contribution < 1.29 is 14.5 Å². The van der Waals surface area contributed by atoms with E-state index in [0.717, 1.165) is 22.0 Å². The maximum Gasteiger partial charge on any atom is 0.283 e. The van der Waals surface area contributed by atoms with Crippen LogP contribution in [0.2, 0.25) is 5.02 Å². The lowest BCUT2D eigenvalue weighted by molar-refractivity contribution is -0.385. The third-order valence-corrected chi connectivity index (χ3v) is 6.50. The molecule has 1 amide bonds. The number of thiazole rings is 1. The molecule has 1 fully saturated rings. The van der Waals surface area contributed by atoms with Crippen LogP contribution in [0.15, 0.2) is 47.8 Å². The molecule has 166 valence electrons. The first-order chi connectivity index (χ1) is 15.4. The zero-order chi connectivity index (χ0) is 22.7. The fourth-order valence-corrected chi connectivity index (χ4v) is 4.57. The van der Waals surface area contributed by atoms with E-state index in [1.54, 1.807) is 23.3 Å². The van der Waals surface area contributed by atoms with Crippen LogP contribution in [0.4, 0.5) is 5.69 Å². The second-order valence-electron chi connectivity index (χ2n) is 7.36. The average Bonchev–Trinajstić information content (AvgIpc) is 3.27. The number of benzene rings is 2. The predicted molar refractivity (Wildman–Crippen MR) is 123 cm³/mol. The van der Waals surface area contributed by atoms with Gasteiger partial charge in [0.1, 0.15) is 16.3 Å². The van der Waals surface area contributed by atoms with E-state index in [-0.39, 0.29) is 22.2 Å². The van der Waals surface area contributed by atoms with Crippen LogP contribution in [-0.2, 0) is 6.54 Å². The van der Waals surface area contributed by atoms with Gasteiger partial charge < -0.3 is 9.64 Å². The molecular weight excluding hydrogens is 452 g/mol. The maximum atomic E-state index is 12.8. The normalized spacial score (nSPS) is 14.4. The molecule has 1 aromatic heterocycles. The van der Waals surface area contributed by atoms with Crippen molar-refractivity contribution in [2.24, 2.45) is 0 Å². The first kappa shape index (κ1) is 22.2. The van der Waals surface area contributed by atoms with Crippen molar-refractivity contribution in [1.29, 1.82) is 0 Å². The Labute approximate surface area is 194 Å². The Morgan fingerprint density at radius 3 is 2.56 bits per heavy atom. The van der Waals surface area contributed by atoms with Gasteiger partial charge in [0.2, 0.25) is 0 Å². The number of carbonyl (C=O) groups is 1. The molecule has 0 atom stereocenters. The van der Waals surface area contributed by atoms with Crippen molar-refractivity contribution in [3.63, 3.8) is 0 Å². The number of piperazine rings is 1. The Morgan fingerprint density at radius 1 is 1.19 bits per heavy atom. The number of nitro groups is 1. The number of hydrogen-bond donors (Lipinski definition) is 0. The molecule has 0 saturated carbocycles. The van der Waals surface area contributed by atoms with Gasteiger partial charge in [0.05, 0.1) is 17.7 Å². The minimum absolute atomic E-state index is 0.0662. The standard InChI is InChI=1S/C22H21ClN4O4S/c1-31-18-5-2-15(3-6-18)21-24-17(14-32-21)13-25-8-10-26(11-9-25)22(28)19-7-4-16(23)12-20(19)27(29)30/h2-7,12,14H,8-11,13H2,1H3. The molecular formula is C22H21ClN4O4S. The van der Waals surface area contributed by atoms with Gasteiger partial charge in [0.25, 0.3) is 11.6 Å². The second-order valence-corrected chi connectivity index (χ2v) is 8.65. The summed E-state index contributed by atoms with van der Waals surface area (Å²) in [5.41, 5.74) is 1.82. The van der Waals surface area contributed by atoms with Gasteiger partial charge in [-0.25, -0.2) is 4.98 Å². The van der Waals surface area contributed by atoms with E-state index in [2.05, 4.69) is 4.90 Å². The number of aromatic nitrogens is 1. The Hall–Kier alpha value is -3.01. The molecule has 10 heteroatoms. The molecule has 0 N–H and O–H groups in total. The molecule has 8 nitrogen and oxygen atoms in total. The van der Waals surface area contributed by atoms with Gasteiger partial charge in [0.15, 0.2) is 0 Å². The summed E-state index contributed by atoms with van der Waals surface area (Å²) in [5, 5.41) is 14.5. The van der Waals surface area contributed by atoms with Crippen molar-refractivity contribution in [1.82, 2.24) is 14.8 Å². The molecule has 0 unspecified atom stereocenters. The molecule has 0 bridgehead atoms. The van der Waals surface area contributed by atoms with E-state index in [1.807, 2.05) is 29.6 Å². The zero-order valence-electron chi connectivity index (χ0n) is 17.4. The Kier molecular flexibility index (Phi) is 6.69. The van der Waals surface area contributed by atoms with Crippen LogP contribution in [0.1, 0.15) is 16.1 Å². The summed E-state index contributed by atoms with van der Waals surface area (Å²) in [5.74, 6) is 0.463. The largest absolute Gasteiger partial charge is 0.497 e. The molecule has 2 heterocycles. The number of carbonyl (C=O) groups excluding carboxylic acids is 1. The average molecular weight is 473 g/mol. The van der Waals surface area contributed by atoms with Gasteiger partial charge in [-0.05, 0) is 36.4 Å². The van der Waals surface area contributed by atoms with E-state index in [4.69, 9.17) is 21.3 Å². The Balaban J connectivity index is 1.36. The van der Waals surface area contributed by atoms with Gasteiger partial charge in [0, 0.05) is 54.8 Å². The Morgan fingerprint density at radius 2 is 1.91 bits per heavy atom. The van der Waals surface area contributed by atoms with Gasteiger partial charge in [-0.3, -0.25) is 19.8 Å². The minimum Gasteiger partial charge on any atom is -0.497 e. The molecule has 32 heavy (non-hydrogen) atoms. The molecule has 0 spiro atoms. The van der Waals surface area contributed by atoms with E-state index in [9.17, 15) is 14.9 Å². The van der Waals surface area contributed by atoms with E-state index < -0.39 is 4.92 Å². The van der Waals surface area contributed by atoms with Crippen LogP contribution in [0, 0.1) is 10.1 Å². The number of ether oxygens (including phenoxy) is 1. The van der Waals surface area contributed by atoms with Gasteiger partial charge in [-0.15, -0.1) is 11.3 Å². The topological polar surface area (TPSA) is 88.8 Å². The van der Waals surface area contributed by atoms with Crippen LogP contribution in [0.25, 0.3) is 10.6 Å². The molecule has 1 aliphatic heterocycles. The van der Waals surface area contributed by atoms with Gasteiger partial charge in [-0.2, -0.15) is 0 Å². The highest BCUT2D eigenvalue weighted by Crippen LogP contribution is 2.27. The second kappa shape index (κ2) is 9.64. The lowest BCUT2D eigenvalue weighted by Gasteiger charge is -2.34. The van der Waals surface area contributed by atoms with E-state index in [1.165, 1.54) is 18.2 Å². The third-order valence-electron chi connectivity index (χ3n) is 5.32. The van der Waals surface area contributed by atoms with Crippen LogP contribution in [0.3, 0.4) is 0 Å². The van der Waals surface area contributed by atoms with Crippen LogP contribution in [0.5, 0.6) is 5.75 Å². The summed E-state index contributed by atoms with van der Waals surface area (Å²) >= 11 is 7.45. The fraction of sp³-hybridized carbons (Fsp3) is 0.273. The minimum atomic E-state index is -0.571. The number of amides is 1. The summed E-state index contributed by atoms with van der Waals surface area (Å²) in [6.45, 7) is 3.02. The molecule has 4 rings (SSSR count).